The average molecular weight is 211 g/mol. The van der Waals surface area contributed by atoms with Gasteiger partial charge in [-0.15, -0.1) is 0 Å². The molecule has 2 N–H and O–H groups in total. The van der Waals surface area contributed by atoms with Crippen molar-refractivity contribution in [3.63, 3.8) is 0 Å². The second kappa shape index (κ2) is 5.83. The highest BCUT2D eigenvalue weighted by atomic mass is 19.1. The predicted molar refractivity (Wildman–Crippen MR) is 59.0 cm³/mol. The SMILES string of the molecule is CC(C)C(CO)NCc1cccc(F)c1. The summed E-state index contributed by atoms with van der Waals surface area (Å²) in [6, 6.07) is 6.55. The number of aliphatic hydroxyl groups excluding tert-OH is 1. The van der Waals surface area contributed by atoms with Crippen LogP contribution in [0.4, 0.5) is 4.39 Å². The third-order valence-corrected chi connectivity index (χ3v) is 2.46. The van der Waals surface area contributed by atoms with Gasteiger partial charge >= 0.3 is 0 Å². The van der Waals surface area contributed by atoms with Gasteiger partial charge in [0.1, 0.15) is 5.82 Å². The second-order valence-electron chi connectivity index (χ2n) is 4.04. The van der Waals surface area contributed by atoms with E-state index in [4.69, 9.17) is 5.11 Å². The molecule has 1 aromatic rings. The maximum absolute atomic E-state index is 12.9. The maximum Gasteiger partial charge on any atom is 0.123 e. The Bertz CT molecular complexity index is 301. The largest absolute Gasteiger partial charge is 0.395 e. The quantitative estimate of drug-likeness (QED) is 0.780. The summed E-state index contributed by atoms with van der Waals surface area (Å²) in [5.41, 5.74) is 0.897. The molecule has 0 spiro atoms. The molecule has 15 heavy (non-hydrogen) atoms. The van der Waals surface area contributed by atoms with Crippen molar-refractivity contribution in [2.45, 2.75) is 26.4 Å². The number of hydrogen-bond acceptors (Lipinski definition) is 2. The summed E-state index contributed by atoms with van der Waals surface area (Å²) in [6.07, 6.45) is 0. The monoisotopic (exact) mass is 211 g/mol. The van der Waals surface area contributed by atoms with Crippen LogP contribution in [0.3, 0.4) is 0 Å². The van der Waals surface area contributed by atoms with Crippen LogP contribution in [0.2, 0.25) is 0 Å². The highest BCUT2D eigenvalue weighted by Gasteiger charge is 2.10. The molecule has 0 amide bonds. The van der Waals surface area contributed by atoms with Gasteiger partial charge in [-0.1, -0.05) is 26.0 Å². The molecular weight excluding hydrogens is 193 g/mol. The number of nitrogens with one attached hydrogen (secondary N) is 1. The van der Waals surface area contributed by atoms with E-state index in [1.807, 2.05) is 19.9 Å². The molecule has 0 aliphatic carbocycles. The molecule has 0 fully saturated rings. The molecule has 0 aromatic heterocycles. The molecule has 1 atom stereocenters. The molecule has 0 aliphatic heterocycles. The van der Waals surface area contributed by atoms with Crippen LogP contribution in [-0.2, 0) is 6.54 Å². The molecule has 0 heterocycles. The lowest BCUT2D eigenvalue weighted by atomic mass is 10.1. The predicted octanol–water partition coefficient (Wildman–Crippen LogP) is 1.93. The van der Waals surface area contributed by atoms with Gasteiger partial charge in [0.15, 0.2) is 0 Å². The minimum Gasteiger partial charge on any atom is -0.395 e. The molecule has 0 saturated carbocycles. The van der Waals surface area contributed by atoms with Crippen LogP contribution in [-0.4, -0.2) is 17.8 Å². The van der Waals surface area contributed by atoms with E-state index in [0.717, 1.165) is 5.56 Å². The fourth-order valence-corrected chi connectivity index (χ4v) is 1.41. The zero-order valence-electron chi connectivity index (χ0n) is 9.20. The first-order valence-corrected chi connectivity index (χ1v) is 5.22. The summed E-state index contributed by atoms with van der Waals surface area (Å²) < 4.78 is 12.9. The number of rotatable bonds is 5. The molecule has 1 unspecified atom stereocenters. The standard InChI is InChI=1S/C12H18FNO/c1-9(2)12(8-15)14-7-10-4-3-5-11(13)6-10/h3-6,9,12,14-15H,7-8H2,1-2H3. The lowest BCUT2D eigenvalue weighted by Crippen LogP contribution is -2.36. The average Bonchev–Trinajstić information content (AvgIpc) is 2.18. The van der Waals surface area contributed by atoms with E-state index in [1.54, 1.807) is 6.07 Å². The molecule has 0 aliphatic rings. The lowest BCUT2D eigenvalue weighted by molar-refractivity contribution is 0.210. The Hall–Kier alpha value is -0.930. The van der Waals surface area contributed by atoms with E-state index in [1.165, 1.54) is 12.1 Å². The van der Waals surface area contributed by atoms with Gasteiger partial charge in [0, 0.05) is 12.6 Å². The Balaban J connectivity index is 2.49. The van der Waals surface area contributed by atoms with Crippen LogP contribution in [0.15, 0.2) is 24.3 Å². The van der Waals surface area contributed by atoms with Gasteiger partial charge < -0.3 is 10.4 Å². The first-order valence-electron chi connectivity index (χ1n) is 5.22. The van der Waals surface area contributed by atoms with E-state index in [-0.39, 0.29) is 18.5 Å². The summed E-state index contributed by atoms with van der Waals surface area (Å²) in [6.45, 7) is 4.77. The van der Waals surface area contributed by atoms with Crippen molar-refractivity contribution in [2.24, 2.45) is 5.92 Å². The first kappa shape index (κ1) is 12.1. The van der Waals surface area contributed by atoms with Gasteiger partial charge in [-0.2, -0.15) is 0 Å². The Labute approximate surface area is 90.1 Å². The number of halogens is 1. The topological polar surface area (TPSA) is 32.3 Å². The van der Waals surface area contributed by atoms with E-state index >= 15 is 0 Å². The lowest BCUT2D eigenvalue weighted by Gasteiger charge is -2.19. The fraction of sp³-hybridized carbons (Fsp3) is 0.500. The van der Waals surface area contributed by atoms with Crippen molar-refractivity contribution in [1.82, 2.24) is 5.32 Å². The highest BCUT2D eigenvalue weighted by molar-refractivity contribution is 5.16. The van der Waals surface area contributed by atoms with Crippen molar-refractivity contribution < 1.29 is 9.50 Å². The summed E-state index contributed by atoms with van der Waals surface area (Å²) in [7, 11) is 0. The van der Waals surface area contributed by atoms with E-state index < -0.39 is 0 Å². The summed E-state index contributed by atoms with van der Waals surface area (Å²) in [4.78, 5) is 0. The zero-order valence-corrected chi connectivity index (χ0v) is 9.20. The number of aliphatic hydroxyl groups is 1. The van der Waals surface area contributed by atoms with Gasteiger partial charge in [0.05, 0.1) is 6.61 Å². The van der Waals surface area contributed by atoms with Crippen LogP contribution in [0.25, 0.3) is 0 Å². The summed E-state index contributed by atoms with van der Waals surface area (Å²) in [5.74, 6) is 0.142. The highest BCUT2D eigenvalue weighted by Crippen LogP contribution is 2.05. The van der Waals surface area contributed by atoms with Crippen molar-refractivity contribution in [3.8, 4) is 0 Å². The third kappa shape index (κ3) is 3.98. The Kier molecular flexibility index (Phi) is 4.72. The van der Waals surface area contributed by atoms with Crippen molar-refractivity contribution in [2.75, 3.05) is 6.61 Å². The zero-order chi connectivity index (χ0) is 11.3. The first-order chi connectivity index (χ1) is 7.13. The van der Waals surface area contributed by atoms with Crippen molar-refractivity contribution in [3.05, 3.63) is 35.6 Å². The summed E-state index contributed by atoms with van der Waals surface area (Å²) >= 11 is 0. The van der Waals surface area contributed by atoms with Gasteiger partial charge in [0.2, 0.25) is 0 Å². The number of benzene rings is 1. The van der Waals surface area contributed by atoms with Crippen LogP contribution >= 0.6 is 0 Å². The molecule has 0 radical (unpaired) electrons. The number of hydrogen-bond donors (Lipinski definition) is 2. The van der Waals surface area contributed by atoms with Crippen LogP contribution in [0, 0.1) is 11.7 Å². The molecule has 3 heteroatoms. The third-order valence-electron chi connectivity index (χ3n) is 2.46. The maximum atomic E-state index is 12.9. The molecule has 0 saturated heterocycles. The van der Waals surface area contributed by atoms with E-state index in [0.29, 0.717) is 12.5 Å². The summed E-state index contributed by atoms with van der Waals surface area (Å²) in [5, 5.41) is 12.3. The van der Waals surface area contributed by atoms with Crippen LogP contribution in [0.5, 0.6) is 0 Å². The molecule has 1 aromatic carbocycles. The smallest absolute Gasteiger partial charge is 0.123 e. The van der Waals surface area contributed by atoms with Gasteiger partial charge in [-0.25, -0.2) is 4.39 Å². The van der Waals surface area contributed by atoms with E-state index in [2.05, 4.69) is 5.32 Å². The Morgan fingerprint density at radius 3 is 2.67 bits per heavy atom. The van der Waals surface area contributed by atoms with Crippen LogP contribution in [0.1, 0.15) is 19.4 Å². The minimum atomic E-state index is -0.223. The molecule has 1 rings (SSSR count). The van der Waals surface area contributed by atoms with Gasteiger partial charge in [0.25, 0.3) is 0 Å². The van der Waals surface area contributed by atoms with Crippen molar-refractivity contribution >= 4 is 0 Å². The normalized spacial score (nSPS) is 13.1. The molecular formula is C12H18FNO. The Morgan fingerprint density at radius 1 is 1.40 bits per heavy atom. The molecule has 0 bridgehead atoms. The van der Waals surface area contributed by atoms with E-state index in [9.17, 15) is 4.39 Å². The molecule has 2 nitrogen and oxygen atoms in total. The van der Waals surface area contributed by atoms with Gasteiger partial charge in [-0.3, -0.25) is 0 Å². The van der Waals surface area contributed by atoms with Crippen molar-refractivity contribution in [1.29, 1.82) is 0 Å². The second-order valence-corrected chi connectivity index (χ2v) is 4.04. The van der Waals surface area contributed by atoms with Crippen LogP contribution < -0.4 is 5.32 Å². The Morgan fingerprint density at radius 2 is 2.13 bits per heavy atom. The van der Waals surface area contributed by atoms with Gasteiger partial charge in [-0.05, 0) is 23.6 Å². The molecule has 84 valence electrons. The minimum absolute atomic E-state index is 0.0632. The fourth-order valence-electron chi connectivity index (χ4n) is 1.41.